The molecule has 3 rings (SSSR count). The number of aromatic nitrogens is 4. The lowest BCUT2D eigenvalue weighted by Crippen LogP contribution is -2.40. The van der Waals surface area contributed by atoms with Gasteiger partial charge in [-0.1, -0.05) is 12.1 Å². The standard InChI is InChI=1S/C20H23F3N8/c1-24-18(27-12-13-28-19-26-11-8-17(30-19)20(21,22)23)25-10-7-15-3-5-16(6-4-15)31-14-2-9-29-31/h2-6,8-9,11,14H,7,10,12-13H2,1H3,(H2,24,25,27)(H,26,28,30). The second-order valence-corrected chi connectivity index (χ2v) is 6.48. The number of benzene rings is 1. The van der Waals surface area contributed by atoms with Gasteiger partial charge >= 0.3 is 6.18 Å². The van der Waals surface area contributed by atoms with E-state index in [4.69, 9.17) is 0 Å². The highest BCUT2D eigenvalue weighted by Crippen LogP contribution is 2.27. The monoisotopic (exact) mass is 432 g/mol. The van der Waals surface area contributed by atoms with E-state index in [0.717, 1.165) is 24.4 Å². The van der Waals surface area contributed by atoms with E-state index in [2.05, 4.69) is 36.0 Å². The third-order valence-electron chi connectivity index (χ3n) is 4.28. The van der Waals surface area contributed by atoms with Crippen molar-refractivity contribution in [1.82, 2.24) is 30.4 Å². The van der Waals surface area contributed by atoms with Crippen molar-refractivity contribution in [3.05, 3.63) is 66.2 Å². The van der Waals surface area contributed by atoms with Gasteiger partial charge in [-0.05, 0) is 36.2 Å². The number of anilines is 1. The van der Waals surface area contributed by atoms with Crippen molar-refractivity contribution in [3.63, 3.8) is 0 Å². The van der Waals surface area contributed by atoms with Gasteiger partial charge < -0.3 is 16.0 Å². The van der Waals surface area contributed by atoms with Gasteiger partial charge in [0, 0.05) is 45.3 Å². The van der Waals surface area contributed by atoms with Crippen molar-refractivity contribution in [2.45, 2.75) is 12.6 Å². The molecule has 0 unspecified atom stereocenters. The molecule has 3 aromatic rings. The summed E-state index contributed by atoms with van der Waals surface area (Å²) in [5.41, 5.74) is 1.19. The summed E-state index contributed by atoms with van der Waals surface area (Å²) in [6.45, 7) is 1.43. The molecule has 0 radical (unpaired) electrons. The highest BCUT2D eigenvalue weighted by Gasteiger charge is 2.32. The molecule has 3 N–H and O–H groups in total. The Balaban J connectivity index is 1.37. The molecule has 1 aromatic carbocycles. The third-order valence-corrected chi connectivity index (χ3v) is 4.28. The predicted molar refractivity (Wildman–Crippen MR) is 112 cm³/mol. The topological polar surface area (TPSA) is 92.0 Å². The lowest BCUT2D eigenvalue weighted by Gasteiger charge is -2.13. The van der Waals surface area contributed by atoms with Crippen molar-refractivity contribution in [2.24, 2.45) is 4.99 Å². The molecule has 11 heteroatoms. The van der Waals surface area contributed by atoms with Crippen LogP contribution in [0.3, 0.4) is 0 Å². The van der Waals surface area contributed by atoms with Gasteiger partial charge in [-0.2, -0.15) is 18.3 Å². The first-order valence-electron chi connectivity index (χ1n) is 9.63. The summed E-state index contributed by atoms with van der Waals surface area (Å²) in [5.74, 6) is 0.526. The summed E-state index contributed by atoms with van der Waals surface area (Å²) >= 11 is 0. The molecule has 0 aliphatic carbocycles. The van der Waals surface area contributed by atoms with Crippen molar-refractivity contribution in [3.8, 4) is 5.69 Å². The highest BCUT2D eigenvalue weighted by atomic mass is 19.4. The minimum atomic E-state index is -4.50. The average molecular weight is 432 g/mol. The molecule has 164 valence electrons. The smallest absolute Gasteiger partial charge is 0.356 e. The predicted octanol–water partition coefficient (Wildman–Crippen LogP) is 2.50. The Morgan fingerprint density at radius 1 is 1.03 bits per heavy atom. The van der Waals surface area contributed by atoms with E-state index in [1.807, 2.05) is 36.5 Å². The number of nitrogens with zero attached hydrogens (tertiary/aromatic N) is 5. The molecule has 0 amide bonds. The van der Waals surface area contributed by atoms with Gasteiger partial charge in [0.05, 0.1) is 5.69 Å². The minimum absolute atomic E-state index is 0.0712. The fourth-order valence-corrected chi connectivity index (χ4v) is 2.74. The van der Waals surface area contributed by atoms with Gasteiger partial charge in [-0.25, -0.2) is 14.6 Å². The van der Waals surface area contributed by atoms with E-state index >= 15 is 0 Å². The molecule has 0 aliphatic rings. The Morgan fingerprint density at radius 3 is 2.48 bits per heavy atom. The van der Waals surface area contributed by atoms with Crippen LogP contribution in [-0.2, 0) is 12.6 Å². The first-order valence-corrected chi connectivity index (χ1v) is 9.63. The molecule has 0 saturated carbocycles. The maximum absolute atomic E-state index is 12.7. The largest absolute Gasteiger partial charge is 0.433 e. The van der Waals surface area contributed by atoms with Gasteiger partial charge in [0.1, 0.15) is 5.69 Å². The van der Waals surface area contributed by atoms with Gasteiger partial charge in [0.2, 0.25) is 5.95 Å². The van der Waals surface area contributed by atoms with Crippen LogP contribution in [0.5, 0.6) is 0 Å². The van der Waals surface area contributed by atoms with Gasteiger partial charge in [-0.3, -0.25) is 4.99 Å². The van der Waals surface area contributed by atoms with Crippen LogP contribution >= 0.6 is 0 Å². The number of hydrogen-bond donors (Lipinski definition) is 3. The molecule has 2 aromatic heterocycles. The molecular weight excluding hydrogens is 409 g/mol. The summed E-state index contributed by atoms with van der Waals surface area (Å²) in [5, 5.41) is 13.2. The quantitative estimate of drug-likeness (QED) is 0.288. The molecule has 2 heterocycles. The molecule has 0 atom stereocenters. The Kier molecular flexibility index (Phi) is 7.41. The molecular formula is C20H23F3N8. The molecule has 0 fully saturated rings. The van der Waals surface area contributed by atoms with Crippen LogP contribution in [0, 0.1) is 0 Å². The number of rotatable bonds is 8. The van der Waals surface area contributed by atoms with E-state index < -0.39 is 11.9 Å². The lowest BCUT2D eigenvalue weighted by atomic mass is 10.1. The first kappa shape index (κ1) is 22.1. The normalized spacial score (nSPS) is 11.9. The summed E-state index contributed by atoms with van der Waals surface area (Å²) < 4.78 is 39.8. The van der Waals surface area contributed by atoms with Crippen LogP contribution in [0.15, 0.2) is 60.0 Å². The Labute approximate surface area is 177 Å². The molecule has 0 spiro atoms. The fraction of sp³-hybridized carbons (Fsp3) is 0.300. The van der Waals surface area contributed by atoms with Crippen LogP contribution in [0.4, 0.5) is 19.1 Å². The van der Waals surface area contributed by atoms with Crippen molar-refractivity contribution >= 4 is 11.9 Å². The Hall–Kier alpha value is -3.63. The minimum Gasteiger partial charge on any atom is -0.356 e. The number of alkyl halides is 3. The van der Waals surface area contributed by atoms with E-state index in [0.29, 0.717) is 25.6 Å². The number of guanidine groups is 1. The van der Waals surface area contributed by atoms with Crippen molar-refractivity contribution in [1.29, 1.82) is 0 Å². The van der Waals surface area contributed by atoms with Crippen molar-refractivity contribution < 1.29 is 13.2 Å². The van der Waals surface area contributed by atoms with Crippen LogP contribution in [0.25, 0.3) is 5.69 Å². The molecule has 0 bridgehead atoms. The Bertz CT molecular complexity index is 969. The number of hydrogen-bond acceptors (Lipinski definition) is 5. The van der Waals surface area contributed by atoms with Crippen LogP contribution < -0.4 is 16.0 Å². The van der Waals surface area contributed by atoms with E-state index in [1.165, 1.54) is 5.56 Å². The summed E-state index contributed by atoms with van der Waals surface area (Å²) in [6.07, 6.45) is 1.01. The third kappa shape index (κ3) is 6.69. The van der Waals surface area contributed by atoms with E-state index in [9.17, 15) is 13.2 Å². The van der Waals surface area contributed by atoms with Gasteiger partial charge in [0.25, 0.3) is 0 Å². The maximum atomic E-state index is 12.7. The SMILES string of the molecule is CN=C(NCCNc1nccc(C(F)(F)F)n1)NCCc1ccc(-n2cccn2)cc1. The number of nitrogens with one attached hydrogen (secondary N) is 3. The fourth-order valence-electron chi connectivity index (χ4n) is 2.74. The zero-order chi connectivity index (χ0) is 22.1. The molecule has 0 saturated heterocycles. The molecule has 0 aliphatic heterocycles. The zero-order valence-electron chi connectivity index (χ0n) is 16.9. The second-order valence-electron chi connectivity index (χ2n) is 6.48. The highest BCUT2D eigenvalue weighted by molar-refractivity contribution is 5.79. The van der Waals surface area contributed by atoms with Crippen LogP contribution in [-0.4, -0.2) is 52.4 Å². The number of aliphatic imine (C=N–C) groups is 1. The van der Waals surface area contributed by atoms with Crippen LogP contribution in [0.2, 0.25) is 0 Å². The molecule has 31 heavy (non-hydrogen) atoms. The second kappa shape index (κ2) is 10.4. The van der Waals surface area contributed by atoms with Gasteiger partial charge in [-0.15, -0.1) is 0 Å². The number of halogens is 3. The lowest BCUT2D eigenvalue weighted by molar-refractivity contribution is -0.141. The van der Waals surface area contributed by atoms with Crippen molar-refractivity contribution in [2.75, 3.05) is 32.0 Å². The van der Waals surface area contributed by atoms with E-state index in [1.54, 1.807) is 17.9 Å². The Morgan fingerprint density at radius 2 is 1.81 bits per heavy atom. The maximum Gasteiger partial charge on any atom is 0.433 e. The molecule has 8 nitrogen and oxygen atoms in total. The summed E-state index contributed by atoms with van der Waals surface area (Å²) in [4.78, 5) is 11.4. The summed E-state index contributed by atoms with van der Waals surface area (Å²) in [6, 6.07) is 10.8. The van der Waals surface area contributed by atoms with Gasteiger partial charge in [0.15, 0.2) is 5.96 Å². The van der Waals surface area contributed by atoms with Crippen LogP contribution in [0.1, 0.15) is 11.3 Å². The average Bonchev–Trinajstić information content (AvgIpc) is 3.30. The summed E-state index contributed by atoms with van der Waals surface area (Å²) in [7, 11) is 1.65. The first-order chi connectivity index (χ1) is 15.0. The van der Waals surface area contributed by atoms with E-state index in [-0.39, 0.29) is 5.95 Å². The zero-order valence-corrected chi connectivity index (χ0v) is 16.9.